The average molecular weight is 249 g/mol. The highest BCUT2D eigenvalue weighted by Gasteiger charge is 2.20. The van der Waals surface area contributed by atoms with Gasteiger partial charge in [0.25, 0.3) is 0 Å². The van der Waals surface area contributed by atoms with Crippen LogP contribution in [0.4, 0.5) is 0 Å². The van der Waals surface area contributed by atoms with Crippen molar-refractivity contribution >= 4 is 11.6 Å². The third kappa shape index (κ3) is 3.00. The summed E-state index contributed by atoms with van der Waals surface area (Å²) in [7, 11) is 2.16. The molecule has 2 rings (SSSR count). The maximum Gasteiger partial charge on any atom is 0.0669 e. The van der Waals surface area contributed by atoms with Crippen molar-refractivity contribution in [3.63, 3.8) is 0 Å². The zero-order chi connectivity index (χ0) is 12.3. The molecule has 0 amide bonds. The molecule has 90 valence electrons. The quantitative estimate of drug-likeness (QED) is 0.804. The lowest BCUT2D eigenvalue weighted by Gasteiger charge is -2.29. The molecular formula is C14H17ClN2. The number of nitriles is 1. The first kappa shape index (κ1) is 12.4. The highest BCUT2D eigenvalue weighted by molar-refractivity contribution is 6.31. The van der Waals surface area contributed by atoms with Crippen LogP contribution in [0.15, 0.2) is 18.2 Å². The van der Waals surface area contributed by atoms with Crippen LogP contribution in [0.2, 0.25) is 5.02 Å². The van der Waals surface area contributed by atoms with E-state index < -0.39 is 0 Å². The highest BCUT2D eigenvalue weighted by atomic mass is 35.5. The van der Waals surface area contributed by atoms with Gasteiger partial charge >= 0.3 is 0 Å². The molecule has 1 aromatic rings. The van der Waals surface area contributed by atoms with Gasteiger partial charge in [-0.3, -0.25) is 0 Å². The molecule has 0 aromatic heterocycles. The second-order valence-corrected chi connectivity index (χ2v) is 5.18. The van der Waals surface area contributed by atoms with Gasteiger partial charge in [-0.05, 0) is 56.1 Å². The van der Waals surface area contributed by atoms with Crippen molar-refractivity contribution in [2.24, 2.45) is 0 Å². The highest BCUT2D eigenvalue weighted by Crippen LogP contribution is 2.33. The van der Waals surface area contributed by atoms with Gasteiger partial charge in [-0.1, -0.05) is 23.7 Å². The zero-order valence-corrected chi connectivity index (χ0v) is 10.9. The van der Waals surface area contributed by atoms with Crippen molar-refractivity contribution in [1.29, 1.82) is 5.26 Å². The summed E-state index contributed by atoms with van der Waals surface area (Å²) in [6.45, 7) is 2.28. The number of hydrogen-bond donors (Lipinski definition) is 0. The largest absolute Gasteiger partial charge is 0.306 e. The Kier molecular flexibility index (Phi) is 4.04. The molecule has 1 saturated heterocycles. The summed E-state index contributed by atoms with van der Waals surface area (Å²) >= 11 is 6.31. The van der Waals surface area contributed by atoms with Gasteiger partial charge in [-0.2, -0.15) is 5.26 Å². The van der Waals surface area contributed by atoms with Gasteiger partial charge in [0.05, 0.1) is 12.5 Å². The van der Waals surface area contributed by atoms with Crippen LogP contribution in [0, 0.1) is 11.3 Å². The Morgan fingerprint density at radius 1 is 1.41 bits per heavy atom. The van der Waals surface area contributed by atoms with Gasteiger partial charge in [-0.25, -0.2) is 0 Å². The molecule has 1 aliphatic rings. The number of hydrogen-bond acceptors (Lipinski definition) is 2. The van der Waals surface area contributed by atoms with Crippen LogP contribution >= 0.6 is 11.6 Å². The second-order valence-electron chi connectivity index (χ2n) is 4.77. The lowest BCUT2D eigenvalue weighted by Crippen LogP contribution is -2.29. The maximum atomic E-state index is 8.66. The van der Waals surface area contributed by atoms with E-state index in [2.05, 4.69) is 24.1 Å². The molecule has 0 atom stereocenters. The SMILES string of the molecule is CN1CCC(c2ccc(CC#N)cc2Cl)CC1. The first-order valence-electron chi connectivity index (χ1n) is 6.04. The standard InChI is InChI=1S/C14H17ClN2/c1-17-8-5-12(6-9-17)13-3-2-11(4-7-16)10-14(13)15/h2-3,10,12H,4-6,8-9H2,1H3. The Morgan fingerprint density at radius 2 is 2.12 bits per heavy atom. The number of halogens is 1. The van der Waals surface area contributed by atoms with Crippen molar-refractivity contribution in [3.8, 4) is 6.07 Å². The number of rotatable bonds is 2. The van der Waals surface area contributed by atoms with Gasteiger partial charge in [0.1, 0.15) is 0 Å². The van der Waals surface area contributed by atoms with Crippen molar-refractivity contribution in [2.75, 3.05) is 20.1 Å². The fraction of sp³-hybridized carbons (Fsp3) is 0.500. The van der Waals surface area contributed by atoms with Crippen molar-refractivity contribution in [1.82, 2.24) is 4.90 Å². The fourth-order valence-electron chi connectivity index (χ4n) is 2.42. The minimum absolute atomic E-state index is 0.438. The van der Waals surface area contributed by atoms with Crippen LogP contribution in [0.25, 0.3) is 0 Å². The topological polar surface area (TPSA) is 27.0 Å². The molecule has 1 fully saturated rings. The normalized spacial score (nSPS) is 17.9. The van der Waals surface area contributed by atoms with E-state index in [1.54, 1.807) is 0 Å². The average Bonchev–Trinajstić information content (AvgIpc) is 2.31. The van der Waals surface area contributed by atoms with Crippen LogP contribution < -0.4 is 0 Å². The van der Waals surface area contributed by atoms with E-state index in [-0.39, 0.29) is 0 Å². The van der Waals surface area contributed by atoms with Crippen LogP contribution in [-0.2, 0) is 6.42 Å². The zero-order valence-electron chi connectivity index (χ0n) is 10.1. The van der Waals surface area contributed by atoms with E-state index >= 15 is 0 Å². The van der Waals surface area contributed by atoms with E-state index in [0.717, 1.165) is 23.7 Å². The van der Waals surface area contributed by atoms with Gasteiger partial charge in [0.15, 0.2) is 0 Å². The molecule has 0 radical (unpaired) electrons. The Balaban J connectivity index is 2.14. The van der Waals surface area contributed by atoms with E-state index in [0.29, 0.717) is 12.3 Å². The molecule has 0 aliphatic carbocycles. The maximum absolute atomic E-state index is 8.66. The number of likely N-dealkylation sites (tertiary alicyclic amines) is 1. The molecule has 3 heteroatoms. The minimum Gasteiger partial charge on any atom is -0.306 e. The van der Waals surface area contributed by atoms with Gasteiger partial charge in [0.2, 0.25) is 0 Å². The predicted molar refractivity (Wildman–Crippen MR) is 70.2 cm³/mol. The van der Waals surface area contributed by atoms with E-state index in [1.165, 1.54) is 18.4 Å². The van der Waals surface area contributed by atoms with Gasteiger partial charge in [-0.15, -0.1) is 0 Å². The van der Waals surface area contributed by atoms with Crippen LogP contribution in [0.3, 0.4) is 0 Å². The first-order chi connectivity index (χ1) is 8.20. The predicted octanol–water partition coefficient (Wildman–Crippen LogP) is 3.22. The number of benzene rings is 1. The molecule has 0 saturated carbocycles. The third-order valence-corrected chi connectivity index (χ3v) is 3.83. The second kappa shape index (κ2) is 5.53. The smallest absolute Gasteiger partial charge is 0.0669 e. The molecule has 0 unspecified atom stereocenters. The molecule has 2 nitrogen and oxygen atoms in total. The molecule has 0 spiro atoms. The lowest BCUT2D eigenvalue weighted by molar-refractivity contribution is 0.255. The van der Waals surface area contributed by atoms with Crippen molar-refractivity contribution < 1.29 is 0 Å². The molecular weight excluding hydrogens is 232 g/mol. The van der Waals surface area contributed by atoms with Gasteiger partial charge in [0, 0.05) is 5.02 Å². The Hall–Kier alpha value is -1.04. The summed E-state index contributed by atoms with van der Waals surface area (Å²) in [5, 5.41) is 9.49. The van der Waals surface area contributed by atoms with E-state index in [4.69, 9.17) is 16.9 Å². The molecule has 0 bridgehead atoms. The van der Waals surface area contributed by atoms with Crippen molar-refractivity contribution in [3.05, 3.63) is 34.3 Å². The summed E-state index contributed by atoms with van der Waals surface area (Å²) in [5.41, 5.74) is 2.26. The Morgan fingerprint density at radius 3 is 2.71 bits per heavy atom. The Bertz CT molecular complexity index is 428. The fourth-order valence-corrected chi connectivity index (χ4v) is 2.78. The number of nitrogens with zero attached hydrogens (tertiary/aromatic N) is 2. The number of piperidine rings is 1. The molecule has 1 aromatic carbocycles. The summed E-state index contributed by atoms with van der Waals surface area (Å²) in [6.07, 6.45) is 2.79. The minimum atomic E-state index is 0.438. The molecule has 1 heterocycles. The van der Waals surface area contributed by atoms with Crippen LogP contribution in [-0.4, -0.2) is 25.0 Å². The first-order valence-corrected chi connectivity index (χ1v) is 6.42. The van der Waals surface area contributed by atoms with E-state index in [9.17, 15) is 0 Å². The molecule has 1 aliphatic heterocycles. The summed E-state index contributed by atoms with van der Waals surface area (Å²) in [4.78, 5) is 2.36. The summed E-state index contributed by atoms with van der Waals surface area (Å²) in [5.74, 6) is 0.579. The van der Waals surface area contributed by atoms with Crippen molar-refractivity contribution in [2.45, 2.75) is 25.2 Å². The third-order valence-electron chi connectivity index (χ3n) is 3.51. The lowest BCUT2D eigenvalue weighted by atomic mass is 9.89. The van der Waals surface area contributed by atoms with E-state index in [1.807, 2.05) is 12.1 Å². The van der Waals surface area contributed by atoms with Gasteiger partial charge < -0.3 is 4.90 Å². The summed E-state index contributed by atoms with van der Waals surface area (Å²) < 4.78 is 0. The summed E-state index contributed by atoms with van der Waals surface area (Å²) in [6, 6.07) is 8.23. The molecule has 17 heavy (non-hydrogen) atoms. The monoisotopic (exact) mass is 248 g/mol. The van der Waals surface area contributed by atoms with Crippen LogP contribution in [0.1, 0.15) is 29.9 Å². The Labute approximate surface area is 108 Å². The molecule has 0 N–H and O–H groups in total. The van der Waals surface area contributed by atoms with Crippen LogP contribution in [0.5, 0.6) is 0 Å².